The highest BCUT2D eigenvalue weighted by molar-refractivity contribution is 5.80. The second-order valence-electron chi connectivity index (χ2n) is 11.7. The van der Waals surface area contributed by atoms with Crippen molar-refractivity contribution in [2.24, 2.45) is 0 Å². The summed E-state index contributed by atoms with van der Waals surface area (Å²) in [6.45, 7) is -0.759. The summed E-state index contributed by atoms with van der Waals surface area (Å²) in [6, 6.07) is 52.6. The van der Waals surface area contributed by atoms with Gasteiger partial charge in [-0.25, -0.2) is 0 Å². The topological polar surface area (TPSA) is 106 Å². The molecule has 0 radical (unpaired) electrons. The minimum Gasteiger partial charge on any atom is -0.491 e. The Kier molecular flexibility index (Phi) is 11.4. The van der Waals surface area contributed by atoms with Crippen LogP contribution in [0.1, 0.15) is 0 Å². The maximum atomic E-state index is 9.68. The Morgan fingerprint density at radius 2 is 0.660 bits per heavy atom. The highest BCUT2D eigenvalue weighted by Crippen LogP contribution is 2.38. The van der Waals surface area contributed by atoms with Crippen LogP contribution in [0.2, 0.25) is 0 Å². The summed E-state index contributed by atoms with van der Waals surface area (Å²) in [5, 5.41) is 37.6. The van der Waals surface area contributed by atoms with Crippen molar-refractivity contribution in [1.29, 1.82) is 0 Å². The van der Waals surface area contributed by atoms with Crippen LogP contribution in [0.4, 0.5) is 34.1 Å². The van der Waals surface area contributed by atoms with Gasteiger partial charge in [-0.2, -0.15) is 0 Å². The van der Waals surface area contributed by atoms with E-state index in [4.69, 9.17) is 19.7 Å². The number of aliphatic hydroxyl groups is 4. The van der Waals surface area contributed by atoms with Crippen molar-refractivity contribution in [2.45, 2.75) is 12.2 Å². The van der Waals surface area contributed by atoms with Crippen LogP contribution in [0.5, 0.6) is 11.5 Å². The van der Waals surface area contributed by atoms with Crippen molar-refractivity contribution >= 4 is 34.1 Å². The molecular weight excluding hydrogens is 628 g/mol. The third kappa shape index (κ3) is 8.49. The molecule has 2 unspecified atom stereocenters. The van der Waals surface area contributed by atoms with Gasteiger partial charge in [-0.15, -0.1) is 0 Å². The molecule has 8 nitrogen and oxygen atoms in total. The van der Waals surface area contributed by atoms with E-state index in [0.29, 0.717) is 11.5 Å². The van der Waals surface area contributed by atoms with Gasteiger partial charge < -0.3 is 39.7 Å². The van der Waals surface area contributed by atoms with Crippen LogP contribution in [0.15, 0.2) is 158 Å². The number of nitrogens with zero attached hydrogens (tertiary/aromatic N) is 2. The summed E-state index contributed by atoms with van der Waals surface area (Å²) < 4.78 is 11.3. The molecule has 254 valence electrons. The van der Waals surface area contributed by atoms with E-state index in [1.54, 1.807) is 0 Å². The fraction of sp³-hybridized carbons (Fsp3) is 0.143. The maximum absolute atomic E-state index is 9.68. The number of benzene rings is 6. The second-order valence-corrected chi connectivity index (χ2v) is 11.7. The minimum atomic E-state index is -0.952. The zero-order chi connectivity index (χ0) is 34.7. The Hall–Kier alpha value is -5.64. The molecule has 0 heterocycles. The van der Waals surface area contributed by atoms with E-state index in [9.17, 15) is 10.2 Å². The van der Waals surface area contributed by atoms with Gasteiger partial charge in [-0.1, -0.05) is 60.7 Å². The van der Waals surface area contributed by atoms with Gasteiger partial charge >= 0.3 is 0 Å². The average Bonchev–Trinajstić information content (AvgIpc) is 3.18. The van der Waals surface area contributed by atoms with Gasteiger partial charge in [0.05, 0.1) is 13.2 Å². The zero-order valence-electron chi connectivity index (χ0n) is 27.5. The average molecular weight is 669 g/mol. The van der Waals surface area contributed by atoms with E-state index < -0.39 is 12.2 Å². The van der Waals surface area contributed by atoms with E-state index in [1.807, 2.05) is 84.9 Å². The number of hydrogen-bond donors (Lipinski definition) is 4. The van der Waals surface area contributed by atoms with Crippen LogP contribution in [-0.2, 0) is 0 Å². The molecule has 50 heavy (non-hydrogen) atoms. The second kappa shape index (κ2) is 16.6. The van der Waals surface area contributed by atoms with E-state index in [-0.39, 0.29) is 26.4 Å². The SMILES string of the molecule is OCC(O)COc1ccc(N(c2ccc(OCC(O)CO)cc2)c2ccc(-c3ccc(N(c4ccccc4)c4ccccc4)cc3)cc2)cc1. The molecule has 0 aromatic heterocycles. The first kappa shape index (κ1) is 34.2. The van der Waals surface area contributed by atoms with Crippen LogP contribution in [0.25, 0.3) is 11.1 Å². The Morgan fingerprint density at radius 1 is 0.380 bits per heavy atom. The molecule has 6 rings (SSSR count). The lowest BCUT2D eigenvalue weighted by Crippen LogP contribution is -2.21. The highest BCUT2D eigenvalue weighted by atomic mass is 16.5. The number of anilines is 6. The molecule has 8 heteroatoms. The Balaban J connectivity index is 1.26. The molecule has 0 aliphatic rings. The molecular formula is C42H40N2O6. The summed E-state index contributed by atoms with van der Waals surface area (Å²) >= 11 is 0. The predicted molar refractivity (Wildman–Crippen MR) is 198 cm³/mol. The lowest BCUT2D eigenvalue weighted by Gasteiger charge is -2.26. The van der Waals surface area contributed by atoms with Gasteiger partial charge in [0, 0.05) is 34.1 Å². The van der Waals surface area contributed by atoms with Gasteiger partial charge in [0.25, 0.3) is 0 Å². The van der Waals surface area contributed by atoms with E-state index in [0.717, 1.165) is 45.3 Å². The van der Waals surface area contributed by atoms with E-state index in [1.165, 1.54) is 0 Å². The molecule has 0 amide bonds. The Labute approximate surface area is 292 Å². The zero-order valence-corrected chi connectivity index (χ0v) is 27.5. The van der Waals surface area contributed by atoms with Crippen molar-refractivity contribution in [2.75, 3.05) is 36.2 Å². The largest absolute Gasteiger partial charge is 0.491 e. The molecule has 6 aromatic carbocycles. The van der Waals surface area contributed by atoms with Crippen molar-refractivity contribution in [3.8, 4) is 22.6 Å². The third-order valence-electron chi connectivity index (χ3n) is 8.11. The fourth-order valence-corrected chi connectivity index (χ4v) is 5.53. The predicted octanol–water partition coefficient (Wildman–Crippen LogP) is 7.76. The van der Waals surface area contributed by atoms with Gasteiger partial charge in [-0.3, -0.25) is 0 Å². The number of para-hydroxylation sites is 2. The molecule has 0 spiro atoms. The monoisotopic (exact) mass is 668 g/mol. The molecule has 0 bridgehead atoms. The molecule has 6 aromatic rings. The molecule has 0 saturated carbocycles. The maximum Gasteiger partial charge on any atom is 0.119 e. The number of rotatable bonds is 15. The van der Waals surface area contributed by atoms with Gasteiger partial charge in [0.1, 0.15) is 36.9 Å². The lowest BCUT2D eigenvalue weighted by atomic mass is 10.0. The normalized spacial score (nSPS) is 12.2. The minimum absolute atomic E-state index is 0.00894. The fourth-order valence-electron chi connectivity index (χ4n) is 5.53. The summed E-state index contributed by atoms with van der Waals surface area (Å²) in [5.74, 6) is 1.15. The van der Waals surface area contributed by atoms with Crippen LogP contribution >= 0.6 is 0 Å². The number of hydrogen-bond acceptors (Lipinski definition) is 8. The number of ether oxygens (including phenoxy) is 2. The van der Waals surface area contributed by atoms with Crippen molar-refractivity contribution in [1.82, 2.24) is 0 Å². The van der Waals surface area contributed by atoms with Crippen LogP contribution in [-0.4, -0.2) is 59.1 Å². The van der Waals surface area contributed by atoms with Crippen molar-refractivity contribution in [3.05, 3.63) is 158 Å². The first-order valence-corrected chi connectivity index (χ1v) is 16.5. The molecule has 0 fully saturated rings. The Morgan fingerprint density at radius 3 is 0.960 bits per heavy atom. The molecule has 4 N–H and O–H groups in total. The lowest BCUT2D eigenvalue weighted by molar-refractivity contribution is 0.0536. The first-order chi connectivity index (χ1) is 24.5. The van der Waals surface area contributed by atoms with Crippen LogP contribution in [0.3, 0.4) is 0 Å². The van der Waals surface area contributed by atoms with E-state index in [2.05, 4.69) is 82.6 Å². The van der Waals surface area contributed by atoms with Gasteiger partial charge in [0.15, 0.2) is 0 Å². The van der Waals surface area contributed by atoms with Gasteiger partial charge in [0.2, 0.25) is 0 Å². The molecule has 0 aliphatic carbocycles. The van der Waals surface area contributed by atoms with Gasteiger partial charge in [-0.05, 0) is 108 Å². The van der Waals surface area contributed by atoms with Crippen LogP contribution < -0.4 is 19.3 Å². The summed E-state index contributed by atoms with van der Waals surface area (Å²) in [6.07, 6.45) is -1.90. The first-order valence-electron chi connectivity index (χ1n) is 16.5. The Bertz CT molecular complexity index is 1790. The summed E-state index contributed by atoms with van der Waals surface area (Å²) in [7, 11) is 0. The van der Waals surface area contributed by atoms with Crippen molar-refractivity contribution in [3.63, 3.8) is 0 Å². The highest BCUT2D eigenvalue weighted by Gasteiger charge is 2.15. The molecule has 0 aliphatic heterocycles. The van der Waals surface area contributed by atoms with E-state index >= 15 is 0 Å². The number of aliphatic hydroxyl groups excluding tert-OH is 4. The third-order valence-corrected chi connectivity index (χ3v) is 8.11. The molecule has 2 atom stereocenters. The van der Waals surface area contributed by atoms with Crippen LogP contribution in [0, 0.1) is 0 Å². The smallest absolute Gasteiger partial charge is 0.119 e. The summed E-state index contributed by atoms with van der Waals surface area (Å²) in [5.41, 5.74) is 8.08. The molecule has 0 saturated heterocycles. The standard InChI is InChI=1S/C42H40N2O6/c45-27-39(47)29-49-41-23-19-37(20-24-41)44(38-21-25-42(26-22-38)50-30-40(48)28-46)36-17-13-32(14-18-36)31-11-15-35(16-12-31)43(33-7-3-1-4-8-33)34-9-5-2-6-10-34/h1-26,39-40,45-48H,27-30H2. The van der Waals surface area contributed by atoms with Crippen molar-refractivity contribution < 1.29 is 29.9 Å². The quantitative estimate of drug-likeness (QED) is 0.0881. The summed E-state index contributed by atoms with van der Waals surface area (Å²) in [4.78, 5) is 4.34.